The van der Waals surface area contributed by atoms with Crippen LogP contribution >= 0.6 is 0 Å². The van der Waals surface area contributed by atoms with Gasteiger partial charge in [0.2, 0.25) is 5.89 Å². The first kappa shape index (κ1) is 13.9. The van der Waals surface area contributed by atoms with Gasteiger partial charge in [0.1, 0.15) is 0 Å². The van der Waals surface area contributed by atoms with E-state index in [-0.39, 0.29) is 0 Å². The van der Waals surface area contributed by atoms with Crippen molar-refractivity contribution < 1.29 is 4.52 Å². The zero-order chi connectivity index (χ0) is 13.8. The molecular formula is C15H26N4O. The third-order valence-corrected chi connectivity index (χ3v) is 4.66. The maximum Gasteiger partial charge on any atom is 0.266 e. The van der Waals surface area contributed by atoms with Crippen LogP contribution in [0, 0.1) is 5.92 Å². The van der Waals surface area contributed by atoms with Crippen LogP contribution in [-0.4, -0.2) is 35.8 Å². The van der Waals surface area contributed by atoms with E-state index < -0.39 is 0 Å². The van der Waals surface area contributed by atoms with Gasteiger partial charge in [-0.3, -0.25) is 0 Å². The number of nitrogens with zero attached hydrogens (tertiary/aromatic N) is 3. The summed E-state index contributed by atoms with van der Waals surface area (Å²) < 4.78 is 5.48. The molecule has 0 bridgehead atoms. The lowest BCUT2D eigenvalue weighted by Crippen LogP contribution is -2.39. The van der Waals surface area contributed by atoms with Crippen molar-refractivity contribution >= 4 is 5.95 Å². The fourth-order valence-corrected chi connectivity index (χ4v) is 3.58. The Morgan fingerprint density at radius 1 is 1.20 bits per heavy atom. The standard InChI is InChI=1S/C15H26N4O/c1-2-16-13-8-4-3-7-12(13)11-14-17-15(18-20-14)19-9-5-6-10-19/h12-13,16H,2-11H2,1H3. The second-order valence-electron chi connectivity index (χ2n) is 6.10. The van der Waals surface area contributed by atoms with E-state index in [2.05, 4.69) is 27.3 Å². The lowest BCUT2D eigenvalue weighted by atomic mass is 9.82. The lowest BCUT2D eigenvalue weighted by Gasteiger charge is -2.31. The van der Waals surface area contributed by atoms with Crippen molar-refractivity contribution in [3.8, 4) is 0 Å². The van der Waals surface area contributed by atoms with E-state index in [4.69, 9.17) is 4.52 Å². The normalized spacial score (nSPS) is 27.1. The molecule has 5 heteroatoms. The SMILES string of the molecule is CCNC1CCCCC1Cc1nc(N2CCCC2)no1. The van der Waals surface area contributed by atoms with Crippen LogP contribution in [-0.2, 0) is 6.42 Å². The molecule has 2 unspecified atom stereocenters. The van der Waals surface area contributed by atoms with E-state index in [1.165, 1.54) is 38.5 Å². The molecule has 1 aliphatic heterocycles. The summed E-state index contributed by atoms with van der Waals surface area (Å²) >= 11 is 0. The van der Waals surface area contributed by atoms with E-state index in [9.17, 15) is 0 Å². The zero-order valence-electron chi connectivity index (χ0n) is 12.5. The Morgan fingerprint density at radius 3 is 2.80 bits per heavy atom. The van der Waals surface area contributed by atoms with Gasteiger partial charge in [0, 0.05) is 25.6 Å². The summed E-state index contributed by atoms with van der Waals surface area (Å²) in [6, 6.07) is 0.621. The molecule has 0 aromatic carbocycles. The molecule has 1 aromatic heterocycles. The van der Waals surface area contributed by atoms with Crippen molar-refractivity contribution in [2.24, 2.45) is 5.92 Å². The maximum atomic E-state index is 5.48. The Kier molecular flexibility index (Phi) is 4.55. The summed E-state index contributed by atoms with van der Waals surface area (Å²) in [7, 11) is 0. The monoisotopic (exact) mass is 278 g/mol. The van der Waals surface area contributed by atoms with Gasteiger partial charge in [-0.1, -0.05) is 19.8 Å². The molecule has 3 rings (SSSR count). The quantitative estimate of drug-likeness (QED) is 0.896. The third kappa shape index (κ3) is 3.14. The smallest absolute Gasteiger partial charge is 0.266 e. The van der Waals surface area contributed by atoms with Gasteiger partial charge < -0.3 is 14.7 Å². The molecule has 0 radical (unpaired) electrons. The topological polar surface area (TPSA) is 54.2 Å². The molecule has 20 heavy (non-hydrogen) atoms. The summed E-state index contributed by atoms with van der Waals surface area (Å²) in [4.78, 5) is 6.83. The van der Waals surface area contributed by atoms with Crippen LogP contribution in [0.4, 0.5) is 5.95 Å². The fourth-order valence-electron chi connectivity index (χ4n) is 3.58. The highest BCUT2D eigenvalue weighted by Gasteiger charge is 2.27. The van der Waals surface area contributed by atoms with Gasteiger partial charge >= 0.3 is 0 Å². The molecule has 1 N–H and O–H groups in total. The van der Waals surface area contributed by atoms with Gasteiger partial charge in [0.25, 0.3) is 5.95 Å². The van der Waals surface area contributed by atoms with Crippen molar-refractivity contribution in [2.45, 2.75) is 57.9 Å². The number of nitrogens with one attached hydrogen (secondary N) is 1. The van der Waals surface area contributed by atoms with Gasteiger partial charge in [0.15, 0.2) is 0 Å². The predicted octanol–water partition coefficient (Wildman–Crippen LogP) is 2.38. The van der Waals surface area contributed by atoms with Crippen LogP contribution in [0.2, 0.25) is 0 Å². The highest BCUT2D eigenvalue weighted by Crippen LogP contribution is 2.28. The van der Waals surface area contributed by atoms with Crippen LogP contribution < -0.4 is 10.2 Å². The molecule has 1 saturated carbocycles. The molecule has 2 aliphatic rings. The molecule has 1 saturated heterocycles. The van der Waals surface area contributed by atoms with Crippen molar-refractivity contribution in [1.82, 2.24) is 15.5 Å². The largest absolute Gasteiger partial charge is 0.338 e. The molecular weight excluding hydrogens is 252 g/mol. The lowest BCUT2D eigenvalue weighted by molar-refractivity contribution is 0.242. The first-order valence-electron chi connectivity index (χ1n) is 8.17. The number of anilines is 1. The first-order chi connectivity index (χ1) is 9.86. The van der Waals surface area contributed by atoms with Crippen molar-refractivity contribution in [3.63, 3.8) is 0 Å². The summed E-state index contributed by atoms with van der Waals surface area (Å²) in [5, 5.41) is 7.77. The first-order valence-corrected chi connectivity index (χ1v) is 8.17. The Labute approximate surface area is 121 Å². The molecule has 2 atom stereocenters. The van der Waals surface area contributed by atoms with E-state index >= 15 is 0 Å². The molecule has 2 fully saturated rings. The number of rotatable bonds is 5. The second-order valence-corrected chi connectivity index (χ2v) is 6.10. The van der Waals surface area contributed by atoms with E-state index in [1.807, 2.05) is 0 Å². The minimum Gasteiger partial charge on any atom is -0.338 e. The van der Waals surface area contributed by atoms with Crippen molar-refractivity contribution in [2.75, 3.05) is 24.5 Å². The van der Waals surface area contributed by atoms with E-state index in [0.29, 0.717) is 12.0 Å². The average Bonchev–Trinajstić information content (AvgIpc) is 3.12. The molecule has 0 amide bonds. The summed E-state index contributed by atoms with van der Waals surface area (Å²) in [6.45, 7) is 5.37. The van der Waals surface area contributed by atoms with E-state index in [0.717, 1.165) is 37.9 Å². The fraction of sp³-hybridized carbons (Fsp3) is 0.867. The van der Waals surface area contributed by atoms with Crippen LogP contribution in [0.25, 0.3) is 0 Å². The van der Waals surface area contributed by atoms with Gasteiger partial charge in [-0.05, 0) is 43.3 Å². The van der Waals surface area contributed by atoms with Crippen molar-refractivity contribution in [3.05, 3.63) is 5.89 Å². The van der Waals surface area contributed by atoms with Crippen LogP contribution in [0.1, 0.15) is 51.3 Å². The van der Waals surface area contributed by atoms with Gasteiger partial charge in [0.05, 0.1) is 0 Å². The van der Waals surface area contributed by atoms with Gasteiger partial charge in [-0.25, -0.2) is 0 Å². The molecule has 2 heterocycles. The highest BCUT2D eigenvalue weighted by molar-refractivity contribution is 5.28. The molecule has 5 nitrogen and oxygen atoms in total. The molecule has 112 valence electrons. The Morgan fingerprint density at radius 2 is 2.00 bits per heavy atom. The predicted molar refractivity (Wildman–Crippen MR) is 78.9 cm³/mol. The third-order valence-electron chi connectivity index (χ3n) is 4.66. The highest BCUT2D eigenvalue weighted by atomic mass is 16.5. The Hall–Kier alpha value is -1.10. The second kappa shape index (κ2) is 6.57. The Balaban J connectivity index is 1.61. The van der Waals surface area contributed by atoms with Crippen LogP contribution in [0.15, 0.2) is 4.52 Å². The molecule has 1 aliphatic carbocycles. The molecule has 0 spiro atoms. The number of hydrogen-bond donors (Lipinski definition) is 1. The maximum absolute atomic E-state index is 5.48. The van der Waals surface area contributed by atoms with Crippen LogP contribution in [0.5, 0.6) is 0 Å². The summed E-state index contributed by atoms with van der Waals surface area (Å²) in [5.41, 5.74) is 0. The zero-order valence-corrected chi connectivity index (χ0v) is 12.5. The molecule has 1 aromatic rings. The number of aromatic nitrogens is 2. The van der Waals surface area contributed by atoms with Crippen LogP contribution in [0.3, 0.4) is 0 Å². The number of hydrogen-bond acceptors (Lipinski definition) is 5. The van der Waals surface area contributed by atoms with Crippen molar-refractivity contribution in [1.29, 1.82) is 0 Å². The minimum atomic E-state index is 0.621. The van der Waals surface area contributed by atoms with E-state index in [1.54, 1.807) is 0 Å². The van der Waals surface area contributed by atoms with Gasteiger partial charge in [-0.15, -0.1) is 0 Å². The van der Waals surface area contributed by atoms with Gasteiger partial charge in [-0.2, -0.15) is 4.98 Å². The minimum absolute atomic E-state index is 0.621. The summed E-state index contributed by atoms with van der Waals surface area (Å²) in [5.74, 6) is 2.27. The average molecular weight is 278 g/mol. The Bertz CT molecular complexity index is 412. The summed E-state index contributed by atoms with van der Waals surface area (Å²) in [6.07, 6.45) is 8.66.